The van der Waals surface area contributed by atoms with E-state index >= 15 is 0 Å². The van der Waals surface area contributed by atoms with Crippen LogP contribution in [0.25, 0.3) is 0 Å². The van der Waals surface area contributed by atoms with Gasteiger partial charge in [0.1, 0.15) is 12.4 Å². The van der Waals surface area contributed by atoms with E-state index in [0.717, 1.165) is 30.3 Å². The average Bonchev–Trinajstić information content (AvgIpc) is 2.47. The third-order valence-electron chi connectivity index (χ3n) is 2.87. The van der Waals surface area contributed by atoms with Crippen molar-refractivity contribution in [3.63, 3.8) is 0 Å². The highest BCUT2D eigenvalue weighted by atomic mass is 16.5. The van der Waals surface area contributed by atoms with Crippen molar-refractivity contribution in [1.82, 2.24) is 0 Å². The molecule has 1 aromatic rings. The Balaban J connectivity index is 2.20. The summed E-state index contributed by atoms with van der Waals surface area (Å²) in [6.45, 7) is 6.50. The van der Waals surface area contributed by atoms with Crippen LogP contribution in [0.4, 0.5) is 0 Å². The maximum absolute atomic E-state index is 8.69. The molecule has 0 aliphatic rings. The number of ether oxygens (including phenoxy) is 2. The molecule has 0 aromatic heterocycles. The van der Waals surface area contributed by atoms with Crippen LogP contribution in [0.2, 0.25) is 0 Å². The molecule has 0 aliphatic carbocycles. The monoisotopic (exact) mass is 290 g/mol. The number of hydrogen-bond acceptors (Lipinski definition) is 3. The van der Waals surface area contributed by atoms with Gasteiger partial charge >= 0.3 is 0 Å². The van der Waals surface area contributed by atoms with E-state index in [1.54, 1.807) is 0 Å². The second-order valence-corrected chi connectivity index (χ2v) is 5.30. The van der Waals surface area contributed by atoms with E-state index in [1.165, 1.54) is 6.42 Å². The predicted octanol–water partition coefficient (Wildman–Crippen LogP) is 3.25. The fraction of sp³-hybridized carbons (Fsp3) is 0.556. The summed E-state index contributed by atoms with van der Waals surface area (Å²) in [5.41, 5.74) is 0.902. The number of hydrogen-bond donors (Lipinski definition) is 1. The van der Waals surface area contributed by atoms with Gasteiger partial charge in [-0.2, -0.15) is 0 Å². The molecule has 0 bridgehead atoms. The van der Waals surface area contributed by atoms with Gasteiger partial charge in [-0.05, 0) is 37.0 Å². The van der Waals surface area contributed by atoms with Crippen LogP contribution in [-0.4, -0.2) is 31.5 Å². The Morgan fingerprint density at radius 2 is 2.05 bits per heavy atom. The molecule has 1 N–H and O–H groups in total. The standard InChI is InChI=1S/C18H26O3/c1-16(2)7-6-12-20-13-14-21-18-10-5-9-17(15-18)8-3-4-11-19/h5,9-10,15-16,19H,4,6-7,11-14H2,1-2H3. The minimum Gasteiger partial charge on any atom is -0.491 e. The van der Waals surface area contributed by atoms with E-state index in [-0.39, 0.29) is 6.61 Å². The highest BCUT2D eigenvalue weighted by molar-refractivity contribution is 5.39. The van der Waals surface area contributed by atoms with E-state index < -0.39 is 0 Å². The highest BCUT2D eigenvalue weighted by Gasteiger charge is 1.97. The predicted molar refractivity (Wildman–Crippen MR) is 85.4 cm³/mol. The minimum absolute atomic E-state index is 0.0946. The number of aliphatic hydroxyl groups excluding tert-OH is 1. The van der Waals surface area contributed by atoms with E-state index in [2.05, 4.69) is 25.7 Å². The summed E-state index contributed by atoms with van der Waals surface area (Å²) in [7, 11) is 0. The number of rotatable bonds is 9. The summed E-state index contributed by atoms with van der Waals surface area (Å²) in [5, 5.41) is 8.69. The molecular weight excluding hydrogens is 264 g/mol. The van der Waals surface area contributed by atoms with Gasteiger partial charge in [0, 0.05) is 18.6 Å². The normalized spacial score (nSPS) is 10.3. The molecular formula is C18H26O3. The quantitative estimate of drug-likeness (QED) is 0.560. The van der Waals surface area contributed by atoms with Crippen molar-refractivity contribution in [1.29, 1.82) is 0 Å². The van der Waals surface area contributed by atoms with Crippen LogP contribution in [0.3, 0.4) is 0 Å². The zero-order valence-corrected chi connectivity index (χ0v) is 13.1. The Morgan fingerprint density at radius 3 is 2.81 bits per heavy atom. The molecule has 0 atom stereocenters. The second kappa shape index (κ2) is 11.2. The van der Waals surface area contributed by atoms with Crippen molar-refractivity contribution < 1.29 is 14.6 Å². The van der Waals surface area contributed by atoms with Gasteiger partial charge < -0.3 is 14.6 Å². The molecule has 0 saturated carbocycles. The van der Waals surface area contributed by atoms with E-state index in [9.17, 15) is 0 Å². The minimum atomic E-state index is 0.0946. The number of benzene rings is 1. The van der Waals surface area contributed by atoms with Crippen LogP contribution in [0.5, 0.6) is 5.75 Å². The van der Waals surface area contributed by atoms with Crippen LogP contribution < -0.4 is 4.74 Å². The second-order valence-electron chi connectivity index (χ2n) is 5.30. The number of aliphatic hydroxyl groups is 1. The molecule has 3 nitrogen and oxygen atoms in total. The lowest BCUT2D eigenvalue weighted by atomic mass is 10.1. The summed E-state index contributed by atoms with van der Waals surface area (Å²) >= 11 is 0. The fourth-order valence-corrected chi connectivity index (χ4v) is 1.80. The summed E-state index contributed by atoms with van der Waals surface area (Å²) in [6.07, 6.45) is 2.80. The zero-order chi connectivity index (χ0) is 15.3. The fourth-order valence-electron chi connectivity index (χ4n) is 1.80. The van der Waals surface area contributed by atoms with Gasteiger partial charge in [0.25, 0.3) is 0 Å². The molecule has 21 heavy (non-hydrogen) atoms. The largest absolute Gasteiger partial charge is 0.491 e. The van der Waals surface area contributed by atoms with Crippen LogP contribution in [0.15, 0.2) is 24.3 Å². The first-order valence-electron chi connectivity index (χ1n) is 7.62. The highest BCUT2D eigenvalue weighted by Crippen LogP contribution is 2.12. The summed E-state index contributed by atoms with van der Waals surface area (Å²) in [4.78, 5) is 0. The molecule has 0 amide bonds. The van der Waals surface area contributed by atoms with E-state index in [4.69, 9.17) is 14.6 Å². The SMILES string of the molecule is CC(C)CCCOCCOc1cccc(C#CCCO)c1. The zero-order valence-electron chi connectivity index (χ0n) is 13.1. The van der Waals surface area contributed by atoms with Crippen molar-refractivity contribution in [3.05, 3.63) is 29.8 Å². The molecule has 3 heteroatoms. The Bertz CT molecular complexity index is 443. The smallest absolute Gasteiger partial charge is 0.120 e. The lowest BCUT2D eigenvalue weighted by molar-refractivity contribution is 0.0957. The lowest BCUT2D eigenvalue weighted by Gasteiger charge is -2.08. The van der Waals surface area contributed by atoms with E-state index in [0.29, 0.717) is 19.6 Å². The summed E-state index contributed by atoms with van der Waals surface area (Å²) in [6, 6.07) is 7.67. The molecule has 0 heterocycles. The third-order valence-corrected chi connectivity index (χ3v) is 2.87. The average molecular weight is 290 g/mol. The van der Waals surface area contributed by atoms with Crippen molar-refractivity contribution in [3.8, 4) is 17.6 Å². The van der Waals surface area contributed by atoms with Gasteiger partial charge in [0.05, 0.1) is 13.2 Å². The maximum Gasteiger partial charge on any atom is 0.120 e. The van der Waals surface area contributed by atoms with Gasteiger partial charge in [-0.15, -0.1) is 0 Å². The van der Waals surface area contributed by atoms with Crippen LogP contribution >= 0.6 is 0 Å². The Hall–Kier alpha value is -1.50. The van der Waals surface area contributed by atoms with Crippen molar-refractivity contribution >= 4 is 0 Å². The molecule has 0 saturated heterocycles. The van der Waals surface area contributed by atoms with Gasteiger partial charge in [0.15, 0.2) is 0 Å². The van der Waals surface area contributed by atoms with E-state index in [1.807, 2.05) is 24.3 Å². The Morgan fingerprint density at radius 1 is 1.19 bits per heavy atom. The van der Waals surface area contributed by atoms with Gasteiger partial charge in [-0.3, -0.25) is 0 Å². The first-order chi connectivity index (χ1) is 10.2. The lowest BCUT2D eigenvalue weighted by Crippen LogP contribution is -2.08. The molecule has 0 unspecified atom stereocenters. The van der Waals surface area contributed by atoms with Gasteiger partial charge in [0.2, 0.25) is 0 Å². The molecule has 1 aromatic carbocycles. The van der Waals surface area contributed by atoms with Crippen LogP contribution in [0, 0.1) is 17.8 Å². The molecule has 0 spiro atoms. The third kappa shape index (κ3) is 9.12. The maximum atomic E-state index is 8.69. The van der Waals surface area contributed by atoms with Crippen molar-refractivity contribution in [2.24, 2.45) is 5.92 Å². The molecule has 116 valence electrons. The molecule has 0 aliphatic heterocycles. The van der Waals surface area contributed by atoms with Crippen molar-refractivity contribution in [2.45, 2.75) is 33.1 Å². The van der Waals surface area contributed by atoms with Crippen LogP contribution in [-0.2, 0) is 4.74 Å². The Kier molecular flexibility index (Phi) is 9.35. The van der Waals surface area contributed by atoms with Gasteiger partial charge in [-0.1, -0.05) is 31.8 Å². The topological polar surface area (TPSA) is 38.7 Å². The molecule has 0 fully saturated rings. The van der Waals surface area contributed by atoms with Crippen LogP contribution in [0.1, 0.15) is 38.7 Å². The molecule has 0 radical (unpaired) electrons. The summed E-state index contributed by atoms with van der Waals surface area (Å²) < 4.78 is 11.2. The molecule has 1 rings (SSSR count). The first-order valence-corrected chi connectivity index (χ1v) is 7.62. The Labute approximate surface area is 128 Å². The van der Waals surface area contributed by atoms with Gasteiger partial charge in [-0.25, -0.2) is 0 Å². The first kappa shape index (κ1) is 17.6. The summed E-state index contributed by atoms with van der Waals surface area (Å²) in [5.74, 6) is 7.43. The van der Waals surface area contributed by atoms with Crippen molar-refractivity contribution in [2.75, 3.05) is 26.4 Å².